The number of imidazole rings is 1. The van der Waals surface area contributed by atoms with E-state index in [-0.39, 0.29) is 0 Å². The first kappa shape index (κ1) is 12.9. The van der Waals surface area contributed by atoms with Crippen molar-refractivity contribution in [3.05, 3.63) is 29.0 Å². The lowest BCUT2D eigenvalue weighted by molar-refractivity contribution is 0.380. The van der Waals surface area contributed by atoms with Gasteiger partial charge in [0.15, 0.2) is 0 Å². The van der Waals surface area contributed by atoms with Gasteiger partial charge in [-0.25, -0.2) is 4.98 Å². The number of halogens is 1. The zero-order valence-electron chi connectivity index (χ0n) is 11.3. The number of para-hydroxylation sites is 1. The Balaban J connectivity index is 1.77. The number of piperidine rings is 1. The van der Waals surface area contributed by atoms with Gasteiger partial charge in [-0.2, -0.15) is 0 Å². The summed E-state index contributed by atoms with van der Waals surface area (Å²) < 4.78 is 2.14. The van der Waals surface area contributed by atoms with E-state index in [4.69, 9.17) is 16.6 Å². The topological polar surface area (TPSA) is 29.9 Å². The molecule has 1 aliphatic heterocycles. The van der Waals surface area contributed by atoms with Gasteiger partial charge in [0.25, 0.3) is 0 Å². The van der Waals surface area contributed by atoms with Crippen LogP contribution in [0.5, 0.6) is 0 Å². The van der Waals surface area contributed by atoms with Crippen LogP contribution in [0.1, 0.15) is 31.5 Å². The van der Waals surface area contributed by atoms with Crippen molar-refractivity contribution in [2.75, 3.05) is 6.54 Å². The summed E-state index contributed by atoms with van der Waals surface area (Å²) in [4.78, 5) is 4.71. The van der Waals surface area contributed by atoms with Crippen LogP contribution in [0.4, 0.5) is 0 Å². The average Bonchev–Trinajstić information content (AvgIpc) is 2.76. The van der Waals surface area contributed by atoms with E-state index in [1.165, 1.54) is 25.8 Å². The van der Waals surface area contributed by atoms with Crippen molar-refractivity contribution in [1.82, 2.24) is 14.9 Å². The summed E-state index contributed by atoms with van der Waals surface area (Å²) in [5.74, 6) is 1.13. The fourth-order valence-electron chi connectivity index (χ4n) is 2.97. The summed E-state index contributed by atoms with van der Waals surface area (Å²) in [6.07, 6.45) is 6.14. The zero-order chi connectivity index (χ0) is 13.2. The molecule has 2 heterocycles. The molecule has 4 heteroatoms. The number of rotatable bonds is 3. The SMILES string of the molecule is Cn1c(CCC2CCCCN2)nc2cccc(Cl)c21. The molecule has 102 valence electrons. The van der Waals surface area contributed by atoms with Gasteiger partial charge in [0.2, 0.25) is 0 Å². The minimum Gasteiger partial charge on any atom is -0.330 e. The lowest BCUT2D eigenvalue weighted by Gasteiger charge is -2.23. The third kappa shape index (κ3) is 2.63. The molecule has 1 atom stereocenters. The molecule has 2 aromatic rings. The highest BCUT2D eigenvalue weighted by Gasteiger charge is 2.15. The first-order chi connectivity index (χ1) is 9.25. The number of nitrogens with one attached hydrogen (secondary N) is 1. The highest BCUT2D eigenvalue weighted by atomic mass is 35.5. The maximum atomic E-state index is 6.25. The molecule has 1 fully saturated rings. The van der Waals surface area contributed by atoms with Crippen LogP contribution < -0.4 is 5.32 Å². The summed E-state index contributed by atoms with van der Waals surface area (Å²) in [6.45, 7) is 1.17. The van der Waals surface area contributed by atoms with Crippen LogP contribution in [0.2, 0.25) is 5.02 Å². The van der Waals surface area contributed by atoms with Crippen LogP contribution in [0.3, 0.4) is 0 Å². The van der Waals surface area contributed by atoms with Gasteiger partial charge in [-0.3, -0.25) is 0 Å². The highest BCUT2D eigenvalue weighted by Crippen LogP contribution is 2.24. The number of benzene rings is 1. The number of nitrogens with zero attached hydrogens (tertiary/aromatic N) is 2. The molecule has 1 unspecified atom stereocenters. The lowest BCUT2D eigenvalue weighted by atomic mass is 10.0. The van der Waals surface area contributed by atoms with E-state index in [1.54, 1.807) is 0 Å². The number of fused-ring (bicyclic) bond motifs is 1. The Hall–Kier alpha value is -1.06. The maximum absolute atomic E-state index is 6.25. The summed E-state index contributed by atoms with van der Waals surface area (Å²) >= 11 is 6.25. The molecular weight excluding hydrogens is 258 g/mol. The minimum absolute atomic E-state index is 0.657. The van der Waals surface area contributed by atoms with Gasteiger partial charge in [0, 0.05) is 19.5 Å². The molecule has 3 rings (SSSR count). The molecule has 1 aliphatic rings. The molecule has 0 spiro atoms. The first-order valence-electron chi connectivity index (χ1n) is 7.09. The molecule has 1 aromatic heterocycles. The Morgan fingerprint density at radius 3 is 3.05 bits per heavy atom. The number of aryl methyl sites for hydroxylation is 2. The largest absolute Gasteiger partial charge is 0.330 e. The highest BCUT2D eigenvalue weighted by molar-refractivity contribution is 6.35. The third-order valence-corrected chi connectivity index (χ3v) is 4.37. The Morgan fingerprint density at radius 1 is 1.42 bits per heavy atom. The molecule has 1 aromatic carbocycles. The molecule has 1 N–H and O–H groups in total. The van der Waals surface area contributed by atoms with E-state index >= 15 is 0 Å². The van der Waals surface area contributed by atoms with Crippen molar-refractivity contribution in [1.29, 1.82) is 0 Å². The van der Waals surface area contributed by atoms with Gasteiger partial charge in [-0.15, -0.1) is 0 Å². The summed E-state index contributed by atoms with van der Waals surface area (Å²) in [7, 11) is 2.06. The first-order valence-corrected chi connectivity index (χ1v) is 7.46. The van der Waals surface area contributed by atoms with Crippen molar-refractivity contribution in [2.24, 2.45) is 7.05 Å². The van der Waals surface area contributed by atoms with Crippen LogP contribution in [-0.4, -0.2) is 22.1 Å². The van der Waals surface area contributed by atoms with Gasteiger partial charge in [-0.1, -0.05) is 24.1 Å². The second kappa shape index (κ2) is 5.51. The van der Waals surface area contributed by atoms with Crippen molar-refractivity contribution >= 4 is 22.6 Å². The van der Waals surface area contributed by atoms with Crippen molar-refractivity contribution < 1.29 is 0 Å². The number of hydrogen-bond donors (Lipinski definition) is 1. The fourth-order valence-corrected chi connectivity index (χ4v) is 3.26. The Bertz CT molecular complexity index is 570. The average molecular weight is 278 g/mol. The molecule has 19 heavy (non-hydrogen) atoms. The molecule has 0 aliphatic carbocycles. The molecule has 3 nitrogen and oxygen atoms in total. The van der Waals surface area contributed by atoms with E-state index < -0.39 is 0 Å². The van der Waals surface area contributed by atoms with Crippen molar-refractivity contribution in [3.8, 4) is 0 Å². The van der Waals surface area contributed by atoms with Gasteiger partial charge in [0.05, 0.1) is 16.1 Å². The predicted molar refractivity (Wildman–Crippen MR) is 79.7 cm³/mol. The van der Waals surface area contributed by atoms with Gasteiger partial charge in [0.1, 0.15) is 5.82 Å². The molecular formula is C15H20ClN3. The van der Waals surface area contributed by atoms with Crippen LogP contribution in [0.15, 0.2) is 18.2 Å². The van der Waals surface area contributed by atoms with Crippen LogP contribution >= 0.6 is 11.6 Å². The van der Waals surface area contributed by atoms with Gasteiger partial charge < -0.3 is 9.88 Å². The summed E-state index contributed by atoms with van der Waals surface area (Å²) in [5, 5.41) is 4.38. The maximum Gasteiger partial charge on any atom is 0.109 e. The molecule has 0 saturated carbocycles. The van der Waals surface area contributed by atoms with Crippen LogP contribution in [0.25, 0.3) is 11.0 Å². The van der Waals surface area contributed by atoms with Gasteiger partial charge in [-0.05, 0) is 37.9 Å². The molecule has 1 saturated heterocycles. The molecule has 0 bridgehead atoms. The van der Waals surface area contributed by atoms with Crippen LogP contribution in [-0.2, 0) is 13.5 Å². The Morgan fingerprint density at radius 2 is 2.32 bits per heavy atom. The van der Waals surface area contributed by atoms with E-state index in [9.17, 15) is 0 Å². The molecule has 0 amide bonds. The number of hydrogen-bond acceptors (Lipinski definition) is 2. The predicted octanol–water partition coefficient (Wildman–Crippen LogP) is 3.30. The van der Waals surface area contributed by atoms with E-state index in [0.29, 0.717) is 6.04 Å². The van der Waals surface area contributed by atoms with Crippen molar-refractivity contribution in [3.63, 3.8) is 0 Å². The second-order valence-corrected chi connectivity index (χ2v) is 5.79. The second-order valence-electron chi connectivity index (χ2n) is 5.38. The van der Waals surface area contributed by atoms with E-state index in [2.05, 4.69) is 16.9 Å². The normalized spacial score (nSPS) is 20.0. The van der Waals surface area contributed by atoms with E-state index in [1.807, 2.05) is 18.2 Å². The lowest BCUT2D eigenvalue weighted by Crippen LogP contribution is -2.34. The Labute approximate surface area is 119 Å². The minimum atomic E-state index is 0.657. The standard InChI is InChI=1S/C15H20ClN3/c1-19-14(9-8-11-5-2-3-10-17-11)18-13-7-4-6-12(16)15(13)19/h4,6-7,11,17H,2-3,5,8-10H2,1H3. The zero-order valence-corrected chi connectivity index (χ0v) is 12.1. The fraction of sp³-hybridized carbons (Fsp3) is 0.533. The summed E-state index contributed by atoms with van der Waals surface area (Å²) in [6, 6.07) is 6.58. The monoisotopic (exact) mass is 277 g/mol. The smallest absolute Gasteiger partial charge is 0.109 e. The Kier molecular flexibility index (Phi) is 3.76. The van der Waals surface area contributed by atoms with Crippen LogP contribution in [0, 0.1) is 0 Å². The van der Waals surface area contributed by atoms with E-state index in [0.717, 1.165) is 34.7 Å². The number of aromatic nitrogens is 2. The van der Waals surface area contributed by atoms with Gasteiger partial charge >= 0.3 is 0 Å². The summed E-state index contributed by atoms with van der Waals surface area (Å²) in [5.41, 5.74) is 2.05. The van der Waals surface area contributed by atoms with Crippen molar-refractivity contribution in [2.45, 2.75) is 38.1 Å². The quantitative estimate of drug-likeness (QED) is 0.933. The molecule has 0 radical (unpaired) electrons. The third-order valence-electron chi connectivity index (χ3n) is 4.07.